The second-order valence-electron chi connectivity index (χ2n) is 8.64. The van der Waals surface area contributed by atoms with E-state index in [2.05, 4.69) is 75.5 Å². The Labute approximate surface area is 212 Å². The van der Waals surface area contributed by atoms with Gasteiger partial charge in [-0.15, -0.1) is 10.2 Å². The average Bonchev–Trinajstić information content (AvgIpc) is 3.29. The molecule has 4 rings (SSSR count). The summed E-state index contributed by atoms with van der Waals surface area (Å²) >= 11 is 1.70. The van der Waals surface area contributed by atoms with Crippen LogP contribution in [0.1, 0.15) is 41.8 Å². The van der Waals surface area contributed by atoms with Gasteiger partial charge >= 0.3 is 0 Å². The standard InChI is InChI=1S/C29H32N4OS/c1-23-11-10-14-25(21-23)22-35-29-32-31-27(33(29)26-15-6-3-7-16-26)17-8-9-18-28(34)30-20-19-24-12-4-2-5-13-24/h2-7,10-16,21H,8-9,17-20,22H2,1H3,(H,30,34). The van der Waals surface area contributed by atoms with E-state index in [4.69, 9.17) is 0 Å². The summed E-state index contributed by atoms with van der Waals surface area (Å²) in [5.74, 6) is 1.89. The van der Waals surface area contributed by atoms with Gasteiger partial charge in [0.05, 0.1) is 0 Å². The molecule has 0 radical (unpaired) electrons. The molecule has 3 aromatic carbocycles. The van der Waals surface area contributed by atoms with Gasteiger partial charge in [0.25, 0.3) is 0 Å². The lowest BCUT2D eigenvalue weighted by atomic mass is 10.1. The monoisotopic (exact) mass is 484 g/mol. The minimum Gasteiger partial charge on any atom is -0.356 e. The summed E-state index contributed by atoms with van der Waals surface area (Å²) in [7, 11) is 0. The van der Waals surface area contributed by atoms with Gasteiger partial charge in [-0.1, -0.05) is 90.1 Å². The molecule has 0 atom stereocenters. The molecule has 0 aliphatic rings. The third-order valence-electron chi connectivity index (χ3n) is 5.80. The average molecular weight is 485 g/mol. The molecule has 0 fully saturated rings. The number of benzene rings is 3. The summed E-state index contributed by atoms with van der Waals surface area (Å²) in [4.78, 5) is 12.2. The minimum atomic E-state index is 0.111. The predicted octanol–water partition coefficient (Wildman–Crippen LogP) is 5.94. The largest absolute Gasteiger partial charge is 0.356 e. The highest BCUT2D eigenvalue weighted by molar-refractivity contribution is 7.98. The van der Waals surface area contributed by atoms with Gasteiger partial charge in [-0.2, -0.15) is 0 Å². The van der Waals surface area contributed by atoms with Gasteiger partial charge in [0.15, 0.2) is 5.16 Å². The van der Waals surface area contributed by atoms with E-state index in [1.165, 1.54) is 16.7 Å². The molecule has 1 heterocycles. The first-order chi connectivity index (χ1) is 17.2. The maximum absolute atomic E-state index is 12.2. The molecule has 0 aliphatic carbocycles. The van der Waals surface area contributed by atoms with Crippen LogP contribution in [0.25, 0.3) is 5.69 Å². The van der Waals surface area contributed by atoms with Gasteiger partial charge in [-0.25, -0.2) is 0 Å². The van der Waals surface area contributed by atoms with Crippen molar-refractivity contribution in [3.63, 3.8) is 0 Å². The van der Waals surface area contributed by atoms with Gasteiger partial charge in [0.2, 0.25) is 5.91 Å². The predicted molar refractivity (Wildman–Crippen MR) is 143 cm³/mol. The van der Waals surface area contributed by atoms with Crippen molar-refractivity contribution in [2.24, 2.45) is 0 Å². The molecule has 0 aliphatic heterocycles. The van der Waals surface area contributed by atoms with E-state index in [0.717, 1.165) is 48.1 Å². The zero-order chi connectivity index (χ0) is 24.3. The number of thioether (sulfide) groups is 1. The number of hydrogen-bond donors (Lipinski definition) is 1. The molecule has 0 unspecified atom stereocenters. The molecular formula is C29H32N4OS. The highest BCUT2D eigenvalue weighted by atomic mass is 32.2. The molecule has 180 valence electrons. The molecule has 35 heavy (non-hydrogen) atoms. The SMILES string of the molecule is Cc1cccc(CSc2nnc(CCCCC(=O)NCCc3ccccc3)n2-c2ccccc2)c1. The van der Waals surface area contributed by atoms with E-state index < -0.39 is 0 Å². The van der Waals surface area contributed by atoms with Crippen LogP contribution in [-0.2, 0) is 23.4 Å². The molecule has 4 aromatic rings. The topological polar surface area (TPSA) is 59.8 Å². The summed E-state index contributed by atoms with van der Waals surface area (Å²) in [6.07, 6.45) is 3.88. The van der Waals surface area contributed by atoms with Crippen molar-refractivity contribution in [1.29, 1.82) is 0 Å². The quantitative estimate of drug-likeness (QED) is 0.200. The van der Waals surface area contributed by atoms with Crippen LogP contribution in [0, 0.1) is 6.92 Å². The molecule has 1 amide bonds. The number of para-hydroxylation sites is 1. The van der Waals surface area contributed by atoms with Crippen LogP contribution in [-0.4, -0.2) is 27.2 Å². The van der Waals surface area contributed by atoms with Crippen molar-refractivity contribution >= 4 is 17.7 Å². The molecule has 5 nitrogen and oxygen atoms in total. The van der Waals surface area contributed by atoms with Crippen LogP contribution < -0.4 is 5.32 Å². The van der Waals surface area contributed by atoms with Crippen molar-refractivity contribution in [1.82, 2.24) is 20.1 Å². The third-order valence-corrected chi connectivity index (χ3v) is 6.80. The second-order valence-corrected chi connectivity index (χ2v) is 9.58. The second kappa shape index (κ2) is 12.9. The van der Waals surface area contributed by atoms with E-state index in [1.807, 2.05) is 36.4 Å². The Morgan fingerprint density at radius 3 is 2.37 bits per heavy atom. The van der Waals surface area contributed by atoms with Crippen LogP contribution in [0.5, 0.6) is 0 Å². The number of carbonyl (C=O) groups excluding carboxylic acids is 1. The van der Waals surface area contributed by atoms with E-state index in [9.17, 15) is 4.79 Å². The van der Waals surface area contributed by atoms with Crippen LogP contribution in [0.2, 0.25) is 0 Å². The summed E-state index contributed by atoms with van der Waals surface area (Å²) < 4.78 is 2.15. The lowest BCUT2D eigenvalue weighted by Gasteiger charge is -2.10. The Morgan fingerprint density at radius 1 is 0.857 bits per heavy atom. The Morgan fingerprint density at radius 2 is 1.60 bits per heavy atom. The molecule has 6 heteroatoms. The van der Waals surface area contributed by atoms with Crippen LogP contribution in [0.15, 0.2) is 90.1 Å². The summed E-state index contributed by atoms with van der Waals surface area (Å²) in [6.45, 7) is 2.79. The van der Waals surface area contributed by atoms with E-state index in [0.29, 0.717) is 13.0 Å². The van der Waals surface area contributed by atoms with Gasteiger partial charge in [0.1, 0.15) is 5.82 Å². The number of hydrogen-bond acceptors (Lipinski definition) is 4. The molecule has 1 N–H and O–H groups in total. The lowest BCUT2D eigenvalue weighted by molar-refractivity contribution is -0.121. The highest BCUT2D eigenvalue weighted by Crippen LogP contribution is 2.26. The molecule has 0 spiro atoms. The highest BCUT2D eigenvalue weighted by Gasteiger charge is 2.15. The van der Waals surface area contributed by atoms with Gasteiger partial charge < -0.3 is 5.32 Å². The van der Waals surface area contributed by atoms with Crippen molar-refractivity contribution in [2.75, 3.05) is 6.54 Å². The Hall–Kier alpha value is -3.38. The fourth-order valence-electron chi connectivity index (χ4n) is 3.99. The number of nitrogens with one attached hydrogen (secondary N) is 1. The van der Waals surface area contributed by atoms with Crippen molar-refractivity contribution in [3.8, 4) is 5.69 Å². The fraction of sp³-hybridized carbons (Fsp3) is 0.276. The first-order valence-corrected chi connectivity index (χ1v) is 13.2. The van der Waals surface area contributed by atoms with Crippen molar-refractivity contribution in [2.45, 2.75) is 49.9 Å². The number of carbonyl (C=O) groups is 1. The number of amides is 1. The minimum absolute atomic E-state index is 0.111. The first-order valence-electron chi connectivity index (χ1n) is 12.2. The normalized spacial score (nSPS) is 10.9. The van der Waals surface area contributed by atoms with E-state index in [-0.39, 0.29) is 5.91 Å². The van der Waals surface area contributed by atoms with Crippen molar-refractivity contribution in [3.05, 3.63) is 107 Å². The molecule has 1 aromatic heterocycles. The van der Waals surface area contributed by atoms with Crippen molar-refractivity contribution < 1.29 is 4.79 Å². The summed E-state index contributed by atoms with van der Waals surface area (Å²) in [6, 6.07) is 29.1. The van der Waals surface area contributed by atoms with E-state index >= 15 is 0 Å². The zero-order valence-corrected chi connectivity index (χ0v) is 21.0. The first kappa shape index (κ1) is 24.7. The number of nitrogens with zero attached hydrogens (tertiary/aromatic N) is 3. The summed E-state index contributed by atoms with van der Waals surface area (Å²) in [5, 5.41) is 13.0. The Bertz CT molecular complexity index is 1210. The Balaban J connectivity index is 1.30. The van der Waals surface area contributed by atoms with Gasteiger partial charge in [0, 0.05) is 30.8 Å². The molecule has 0 saturated carbocycles. The zero-order valence-electron chi connectivity index (χ0n) is 20.2. The third kappa shape index (κ3) is 7.55. The van der Waals surface area contributed by atoms with Crippen LogP contribution in [0.4, 0.5) is 0 Å². The number of unbranched alkanes of at least 4 members (excludes halogenated alkanes) is 1. The molecular weight excluding hydrogens is 452 g/mol. The lowest BCUT2D eigenvalue weighted by Crippen LogP contribution is -2.25. The van der Waals surface area contributed by atoms with Gasteiger partial charge in [-0.3, -0.25) is 9.36 Å². The van der Waals surface area contributed by atoms with Crippen LogP contribution >= 0.6 is 11.8 Å². The maximum atomic E-state index is 12.2. The number of rotatable bonds is 12. The van der Waals surface area contributed by atoms with E-state index in [1.54, 1.807) is 11.8 Å². The maximum Gasteiger partial charge on any atom is 0.220 e. The molecule has 0 bridgehead atoms. The fourth-order valence-corrected chi connectivity index (χ4v) is 4.90. The Kier molecular flexibility index (Phi) is 9.12. The van der Waals surface area contributed by atoms with Crippen LogP contribution in [0.3, 0.4) is 0 Å². The van der Waals surface area contributed by atoms with Gasteiger partial charge in [-0.05, 0) is 49.4 Å². The number of aryl methyl sites for hydroxylation is 2. The smallest absolute Gasteiger partial charge is 0.220 e. The summed E-state index contributed by atoms with van der Waals surface area (Å²) in [5.41, 5.74) is 4.84. The molecule has 0 saturated heterocycles. The number of aromatic nitrogens is 3.